The molecular formula is C17H18N2O2S. The number of fused-ring (bicyclic) bond motifs is 1. The molecule has 0 bridgehead atoms. The number of hydrogen-bond acceptors (Lipinski definition) is 3. The highest BCUT2D eigenvalue weighted by atomic mass is 32.1. The maximum atomic E-state index is 12.3. The molecule has 1 saturated carbocycles. The standard InChI is InChI=1S/C17H18N2O2S/c20-16-8-13(10-19(16)14-2-3-14)17(21)18-9-11-1-4-15-12(7-11)5-6-22-15/h1,4-7,13-14H,2-3,8-10H2,(H,18,21). The highest BCUT2D eigenvalue weighted by Gasteiger charge is 2.41. The van der Waals surface area contributed by atoms with Crippen LogP contribution in [-0.2, 0) is 16.1 Å². The van der Waals surface area contributed by atoms with Crippen molar-refractivity contribution < 1.29 is 9.59 Å². The van der Waals surface area contributed by atoms with Crippen LogP contribution in [0.3, 0.4) is 0 Å². The first-order chi connectivity index (χ1) is 10.7. The Balaban J connectivity index is 1.36. The molecule has 114 valence electrons. The van der Waals surface area contributed by atoms with Crippen molar-refractivity contribution >= 4 is 33.2 Å². The van der Waals surface area contributed by atoms with Crippen molar-refractivity contribution in [1.82, 2.24) is 10.2 Å². The van der Waals surface area contributed by atoms with E-state index in [-0.39, 0.29) is 17.7 Å². The summed E-state index contributed by atoms with van der Waals surface area (Å²) in [4.78, 5) is 26.1. The average Bonchev–Trinajstić information content (AvgIpc) is 3.12. The second-order valence-electron chi connectivity index (χ2n) is 6.19. The van der Waals surface area contributed by atoms with Crippen molar-refractivity contribution in [2.24, 2.45) is 5.92 Å². The third-order valence-corrected chi connectivity index (χ3v) is 5.40. The molecule has 4 rings (SSSR count). The SMILES string of the molecule is O=C(NCc1ccc2sccc2c1)C1CC(=O)N(C2CC2)C1. The van der Waals surface area contributed by atoms with E-state index in [2.05, 4.69) is 35.0 Å². The number of nitrogens with zero attached hydrogens (tertiary/aromatic N) is 1. The molecule has 4 nitrogen and oxygen atoms in total. The third-order valence-electron chi connectivity index (χ3n) is 4.50. The Morgan fingerprint density at radius 2 is 2.18 bits per heavy atom. The van der Waals surface area contributed by atoms with Gasteiger partial charge in [-0.2, -0.15) is 0 Å². The predicted molar refractivity (Wildman–Crippen MR) is 86.5 cm³/mol. The summed E-state index contributed by atoms with van der Waals surface area (Å²) in [5.41, 5.74) is 1.10. The van der Waals surface area contributed by atoms with Gasteiger partial charge in [0.1, 0.15) is 0 Å². The molecule has 1 atom stereocenters. The molecule has 1 aliphatic heterocycles. The van der Waals surface area contributed by atoms with Crippen molar-refractivity contribution in [2.45, 2.75) is 31.8 Å². The van der Waals surface area contributed by atoms with Gasteiger partial charge in [-0.25, -0.2) is 0 Å². The van der Waals surface area contributed by atoms with Crippen molar-refractivity contribution in [3.8, 4) is 0 Å². The lowest BCUT2D eigenvalue weighted by atomic mass is 10.1. The third kappa shape index (κ3) is 2.61. The quantitative estimate of drug-likeness (QED) is 0.943. The Hall–Kier alpha value is -1.88. The summed E-state index contributed by atoms with van der Waals surface area (Å²) in [5, 5.41) is 6.27. The van der Waals surface area contributed by atoms with Crippen LogP contribution in [0.1, 0.15) is 24.8 Å². The molecule has 1 saturated heterocycles. The van der Waals surface area contributed by atoms with Gasteiger partial charge in [0.05, 0.1) is 5.92 Å². The van der Waals surface area contributed by atoms with Crippen molar-refractivity contribution in [3.05, 3.63) is 35.2 Å². The number of amides is 2. The summed E-state index contributed by atoms with van der Waals surface area (Å²) < 4.78 is 1.26. The largest absolute Gasteiger partial charge is 0.352 e. The first-order valence-electron chi connectivity index (χ1n) is 7.74. The summed E-state index contributed by atoms with van der Waals surface area (Å²) in [6, 6.07) is 8.76. The number of carbonyl (C=O) groups excluding carboxylic acids is 2. The smallest absolute Gasteiger partial charge is 0.225 e. The first kappa shape index (κ1) is 13.8. The zero-order chi connectivity index (χ0) is 15.1. The topological polar surface area (TPSA) is 49.4 Å². The van der Waals surface area contributed by atoms with E-state index in [9.17, 15) is 9.59 Å². The number of thiophene rings is 1. The highest BCUT2D eigenvalue weighted by Crippen LogP contribution is 2.32. The molecule has 2 aliphatic rings. The Kier molecular flexibility index (Phi) is 3.37. The lowest BCUT2D eigenvalue weighted by molar-refractivity contribution is -0.129. The molecule has 1 unspecified atom stereocenters. The number of rotatable bonds is 4. The van der Waals surface area contributed by atoms with Crippen molar-refractivity contribution in [1.29, 1.82) is 0 Å². The van der Waals surface area contributed by atoms with Crippen LogP contribution >= 0.6 is 11.3 Å². The van der Waals surface area contributed by atoms with Crippen molar-refractivity contribution in [2.75, 3.05) is 6.54 Å². The zero-order valence-electron chi connectivity index (χ0n) is 12.2. The zero-order valence-corrected chi connectivity index (χ0v) is 13.1. The van der Waals surface area contributed by atoms with Gasteiger partial charge in [-0.15, -0.1) is 11.3 Å². The maximum absolute atomic E-state index is 12.3. The normalized spacial score (nSPS) is 21.5. The van der Waals surface area contributed by atoms with Crippen LogP contribution in [0, 0.1) is 5.92 Å². The number of hydrogen-bond donors (Lipinski definition) is 1. The Bertz CT molecular complexity index is 735. The van der Waals surface area contributed by atoms with E-state index in [1.165, 1.54) is 10.1 Å². The van der Waals surface area contributed by atoms with Gasteiger partial charge < -0.3 is 10.2 Å². The molecule has 2 amide bonds. The molecule has 1 aromatic heterocycles. The molecular weight excluding hydrogens is 296 g/mol. The molecule has 0 spiro atoms. The van der Waals surface area contributed by atoms with Crippen LogP contribution in [0.15, 0.2) is 29.6 Å². The molecule has 1 N–H and O–H groups in total. The van der Waals surface area contributed by atoms with E-state index in [1.54, 1.807) is 11.3 Å². The number of benzene rings is 1. The van der Waals surface area contributed by atoms with Gasteiger partial charge in [-0.1, -0.05) is 6.07 Å². The Labute approximate surface area is 133 Å². The summed E-state index contributed by atoms with van der Waals surface area (Å²) >= 11 is 1.72. The minimum atomic E-state index is -0.182. The van der Waals surface area contributed by atoms with Gasteiger partial charge in [0.2, 0.25) is 11.8 Å². The fraction of sp³-hybridized carbons (Fsp3) is 0.412. The lowest BCUT2D eigenvalue weighted by Gasteiger charge is -2.15. The van der Waals surface area contributed by atoms with Gasteiger partial charge in [0.15, 0.2) is 0 Å². The summed E-state index contributed by atoms with van der Waals surface area (Å²) in [7, 11) is 0. The van der Waals surface area contributed by atoms with Gasteiger partial charge in [0.25, 0.3) is 0 Å². The van der Waals surface area contributed by atoms with Crippen LogP contribution in [0.25, 0.3) is 10.1 Å². The van der Waals surface area contributed by atoms with Crippen LogP contribution < -0.4 is 5.32 Å². The average molecular weight is 314 g/mol. The van der Waals surface area contributed by atoms with Crippen LogP contribution in [0.5, 0.6) is 0 Å². The molecule has 1 aromatic carbocycles. The summed E-state index contributed by atoms with van der Waals surface area (Å²) in [6.45, 7) is 1.12. The fourth-order valence-electron chi connectivity index (χ4n) is 3.11. The van der Waals surface area contributed by atoms with Gasteiger partial charge >= 0.3 is 0 Å². The van der Waals surface area contributed by atoms with Gasteiger partial charge in [-0.3, -0.25) is 9.59 Å². The monoisotopic (exact) mass is 314 g/mol. The highest BCUT2D eigenvalue weighted by molar-refractivity contribution is 7.17. The van der Waals surface area contributed by atoms with Crippen molar-refractivity contribution in [3.63, 3.8) is 0 Å². The predicted octanol–water partition coefficient (Wildman–Crippen LogP) is 2.53. The summed E-state index contributed by atoms with van der Waals surface area (Å²) in [5.74, 6) is -0.0396. The van der Waals surface area contributed by atoms with E-state index in [1.807, 2.05) is 4.90 Å². The molecule has 5 heteroatoms. The Morgan fingerprint density at radius 1 is 1.32 bits per heavy atom. The molecule has 2 aromatic rings. The second-order valence-corrected chi connectivity index (χ2v) is 7.14. The van der Waals surface area contributed by atoms with E-state index >= 15 is 0 Å². The number of carbonyl (C=O) groups is 2. The minimum Gasteiger partial charge on any atom is -0.352 e. The van der Waals surface area contributed by atoms with E-state index in [0.29, 0.717) is 25.6 Å². The lowest BCUT2D eigenvalue weighted by Crippen LogP contribution is -2.33. The van der Waals surface area contributed by atoms with E-state index < -0.39 is 0 Å². The van der Waals surface area contributed by atoms with E-state index in [0.717, 1.165) is 18.4 Å². The van der Waals surface area contributed by atoms with Gasteiger partial charge in [0, 0.05) is 30.3 Å². The molecule has 1 aliphatic carbocycles. The van der Waals surface area contributed by atoms with Crippen LogP contribution in [-0.4, -0.2) is 29.3 Å². The summed E-state index contributed by atoms with van der Waals surface area (Å²) in [6.07, 6.45) is 2.56. The second kappa shape index (κ2) is 5.39. The number of nitrogens with one attached hydrogen (secondary N) is 1. The van der Waals surface area contributed by atoms with Crippen LogP contribution in [0.2, 0.25) is 0 Å². The first-order valence-corrected chi connectivity index (χ1v) is 8.62. The minimum absolute atomic E-state index is 0.00177. The molecule has 0 radical (unpaired) electrons. The molecule has 2 fully saturated rings. The fourth-order valence-corrected chi connectivity index (χ4v) is 3.88. The number of likely N-dealkylation sites (tertiary alicyclic amines) is 1. The molecule has 22 heavy (non-hydrogen) atoms. The van der Waals surface area contributed by atoms with Gasteiger partial charge in [-0.05, 0) is 47.4 Å². The van der Waals surface area contributed by atoms with Crippen LogP contribution in [0.4, 0.5) is 0 Å². The van der Waals surface area contributed by atoms with E-state index in [4.69, 9.17) is 0 Å². The Morgan fingerprint density at radius 3 is 3.00 bits per heavy atom. The maximum Gasteiger partial charge on any atom is 0.225 e. The molecule has 2 heterocycles.